The molecule has 4 aromatic rings. The zero-order valence-corrected chi connectivity index (χ0v) is 38.3. The van der Waals surface area contributed by atoms with E-state index in [2.05, 4.69) is 0 Å². The fourth-order valence-corrected chi connectivity index (χ4v) is 8.62. The van der Waals surface area contributed by atoms with E-state index < -0.39 is 61.3 Å². The second kappa shape index (κ2) is 21.2. The molecule has 0 aliphatic carbocycles. The number of hydrogen-bond acceptors (Lipinski definition) is 23. The largest absolute Gasteiger partial charge is 0.508 e. The number of anilines is 3. The Morgan fingerprint density at radius 2 is 0.611 bits per heavy atom. The van der Waals surface area contributed by atoms with Crippen LogP contribution in [0.1, 0.15) is 12.8 Å². The van der Waals surface area contributed by atoms with Crippen molar-refractivity contribution in [2.24, 2.45) is 0 Å². The van der Waals surface area contributed by atoms with Gasteiger partial charge in [-0.3, -0.25) is 4.79 Å². The van der Waals surface area contributed by atoms with Gasteiger partial charge in [0.25, 0.3) is 0 Å². The predicted molar refractivity (Wildman–Crippen MR) is 243 cm³/mol. The molecule has 378 valence electrons. The first-order valence-corrected chi connectivity index (χ1v) is 23.1. The Bertz CT molecular complexity index is 2250. The first kappa shape index (κ1) is 47.2. The zero-order chi connectivity index (χ0) is 49.6. The molecule has 72 heavy (non-hydrogen) atoms. The lowest BCUT2D eigenvalue weighted by Crippen LogP contribution is -2.39. The number of ether oxygens (including phenoxy) is 14. The smallest absolute Gasteiger partial charge is 0.460 e. The molecule has 0 N–H and O–H groups in total. The molecule has 0 spiro atoms. The molecular formula is C49H47N3O20. The van der Waals surface area contributed by atoms with Gasteiger partial charge in [-0.05, 0) is 79.2 Å². The summed E-state index contributed by atoms with van der Waals surface area (Å²) in [6, 6.07) is 26.6. The van der Waals surface area contributed by atoms with Crippen LogP contribution in [-0.2, 0) is 56.9 Å². The Labute approximate surface area is 410 Å². The second-order valence-electron chi connectivity index (χ2n) is 17.3. The van der Waals surface area contributed by atoms with E-state index in [1.54, 1.807) is 54.6 Å². The molecular weight excluding hydrogens is 951 g/mol. The average molecular weight is 998 g/mol. The minimum absolute atomic E-state index is 0.0725. The highest BCUT2D eigenvalue weighted by Crippen LogP contribution is 2.37. The molecule has 10 rings (SSSR count). The molecule has 23 nitrogen and oxygen atoms in total. The van der Waals surface area contributed by atoms with Gasteiger partial charge in [-0.15, -0.1) is 0 Å². The third kappa shape index (κ3) is 12.3. The first-order chi connectivity index (χ1) is 35.0. The Balaban J connectivity index is 0.884. The van der Waals surface area contributed by atoms with Crippen LogP contribution in [0.3, 0.4) is 0 Å². The second-order valence-corrected chi connectivity index (χ2v) is 17.3. The third-order valence-corrected chi connectivity index (χ3v) is 11.9. The molecule has 6 heterocycles. The van der Waals surface area contributed by atoms with Crippen molar-refractivity contribution >= 4 is 53.8 Å². The summed E-state index contributed by atoms with van der Waals surface area (Å²) in [5, 5.41) is 0. The van der Waals surface area contributed by atoms with Gasteiger partial charge >= 0.3 is 36.7 Å². The van der Waals surface area contributed by atoms with Crippen LogP contribution < -0.4 is 28.9 Å². The Hall–Kier alpha value is -8.50. The number of cyclic esters (lactones) is 11. The van der Waals surface area contributed by atoms with Crippen LogP contribution in [0.5, 0.6) is 34.5 Å². The van der Waals surface area contributed by atoms with Crippen molar-refractivity contribution in [2.75, 3.05) is 87.0 Å². The minimum atomic E-state index is -0.757. The fourth-order valence-electron chi connectivity index (χ4n) is 8.62. The topological polar surface area (TPSA) is 241 Å². The molecule has 4 aromatic carbocycles. The summed E-state index contributed by atoms with van der Waals surface area (Å²) in [7, 11) is 0. The summed E-state index contributed by atoms with van der Waals surface area (Å²) in [5.41, 5.74) is 2.20. The van der Waals surface area contributed by atoms with Crippen LogP contribution >= 0.6 is 0 Å². The van der Waals surface area contributed by atoms with Crippen LogP contribution in [0, 0.1) is 0 Å². The van der Waals surface area contributed by atoms with E-state index in [1.165, 1.54) is 0 Å². The highest BCUT2D eigenvalue weighted by atomic mass is 16.8. The van der Waals surface area contributed by atoms with Crippen LogP contribution in [0.2, 0.25) is 0 Å². The minimum Gasteiger partial charge on any atom is -0.460 e. The molecule has 6 aliphatic rings. The maximum atomic E-state index is 11.9. The van der Waals surface area contributed by atoms with E-state index in [9.17, 15) is 28.8 Å². The van der Waals surface area contributed by atoms with Gasteiger partial charge in [0.05, 0.1) is 39.3 Å². The van der Waals surface area contributed by atoms with Gasteiger partial charge in [0.1, 0.15) is 73.6 Å². The van der Waals surface area contributed by atoms with Crippen LogP contribution in [-0.4, -0.2) is 146 Å². The van der Waals surface area contributed by atoms with E-state index in [0.29, 0.717) is 60.4 Å². The Kier molecular flexibility index (Phi) is 13.9. The van der Waals surface area contributed by atoms with Crippen molar-refractivity contribution in [3.05, 3.63) is 91.0 Å². The molecule has 0 saturated carbocycles. The first-order valence-electron chi connectivity index (χ1n) is 23.1. The van der Waals surface area contributed by atoms with E-state index in [4.69, 9.17) is 66.3 Å². The zero-order valence-electron chi connectivity index (χ0n) is 38.3. The summed E-state index contributed by atoms with van der Waals surface area (Å²) in [6.45, 7) is 2.11. The van der Waals surface area contributed by atoms with Crippen molar-refractivity contribution < 1.29 is 95.1 Å². The highest BCUT2D eigenvalue weighted by Gasteiger charge is 2.35. The SMILES string of the molecule is O=C1CCC(CN(CC2COC(=O)O2)c2ccc(Oc3cc(Oc4ccc(N(CC5COC(=O)O5)CC5COC(=O)O5)cc4)cc(Oc4ccc(N(CC5COC(=O)O5)CC5COC(=O)O5)cc4)c3)cc2)O1. The molecule has 6 atom stereocenters. The van der Waals surface area contributed by atoms with Gasteiger partial charge in [0.15, 0.2) is 30.5 Å². The molecule has 0 aromatic heterocycles. The lowest BCUT2D eigenvalue weighted by molar-refractivity contribution is -0.141. The number of nitrogens with zero attached hydrogens (tertiary/aromatic N) is 3. The van der Waals surface area contributed by atoms with Crippen molar-refractivity contribution in [1.82, 2.24) is 0 Å². The van der Waals surface area contributed by atoms with E-state index in [-0.39, 0.29) is 71.3 Å². The Morgan fingerprint density at radius 3 is 0.833 bits per heavy atom. The number of benzene rings is 4. The number of esters is 1. The number of hydrogen-bond donors (Lipinski definition) is 0. The van der Waals surface area contributed by atoms with Crippen molar-refractivity contribution in [1.29, 1.82) is 0 Å². The molecule has 6 fully saturated rings. The molecule has 0 bridgehead atoms. The van der Waals surface area contributed by atoms with E-state index in [1.807, 2.05) is 51.1 Å². The lowest BCUT2D eigenvalue weighted by Gasteiger charge is -2.28. The summed E-state index contributed by atoms with van der Waals surface area (Å²) in [5.74, 6) is 2.16. The fraction of sp³-hybridized carbons (Fsp3) is 0.388. The van der Waals surface area contributed by atoms with E-state index >= 15 is 0 Å². The number of rotatable bonds is 21. The van der Waals surface area contributed by atoms with Gasteiger partial charge in [0, 0.05) is 41.7 Å². The van der Waals surface area contributed by atoms with Crippen molar-refractivity contribution in [3.8, 4) is 34.5 Å². The molecule has 23 heteroatoms. The van der Waals surface area contributed by atoms with E-state index in [0.717, 1.165) is 17.1 Å². The van der Waals surface area contributed by atoms with Gasteiger partial charge in [0.2, 0.25) is 0 Å². The molecule has 6 unspecified atom stereocenters. The summed E-state index contributed by atoms with van der Waals surface area (Å²) < 4.78 is 76.2. The summed E-state index contributed by atoms with van der Waals surface area (Å²) in [4.78, 5) is 76.2. The monoisotopic (exact) mass is 997 g/mol. The van der Waals surface area contributed by atoms with Crippen LogP contribution in [0.4, 0.5) is 41.0 Å². The molecule has 6 aliphatic heterocycles. The van der Waals surface area contributed by atoms with Crippen molar-refractivity contribution in [2.45, 2.75) is 49.5 Å². The van der Waals surface area contributed by atoms with Gasteiger partial charge in [-0.1, -0.05) is 0 Å². The summed E-state index contributed by atoms with van der Waals surface area (Å²) >= 11 is 0. The van der Waals surface area contributed by atoms with Gasteiger partial charge < -0.3 is 81.0 Å². The number of carbonyl (C=O) groups is 6. The van der Waals surface area contributed by atoms with Crippen LogP contribution in [0.15, 0.2) is 91.0 Å². The normalized spacial score (nSPS) is 22.9. The van der Waals surface area contributed by atoms with Gasteiger partial charge in [-0.25, -0.2) is 24.0 Å². The maximum absolute atomic E-state index is 11.9. The van der Waals surface area contributed by atoms with Crippen LogP contribution in [0.25, 0.3) is 0 Å². The van der Waals surface area contributed by atoms with Gasteiger partial charge in [-0.2, -0.15) is 0 Å². The predicted octanol–water partition coefficient (Wildman–Crippen LogP) is 6.87. The summed E-state index contributed by atoms with van der Waals surface area (Å²) in [6.07, 6.45) is -5.91. The molecule has 0 amide bonds. The highest BCUT2D eigenvalue weighted by molar-refractivity contribution is 5.71. The standard InChI is InChI=1S/C49H47N3O20/c53-44-14-13-35(67-44)18-50(19-39-24-59-45(54)68-39)29-1-7-32(8-2-29)64-36-15-37(65-33-9-3-30(4-10-33)51(20-40-25-60-46(55)69-40)21-41-26-61-47(56)70-41)17-38(16-36)66-34-11-5-31(6-12-34)52(22-42-27-62-48(57)71-42)23-43-28-63-49(58)72-43/h1-12,15-17,35,39-43H,13-14,18-28H2. The lowest BCUT2D eigenvalue weighted by atomic mass is 10.2. The molecule has 0 radical (unpaired) electrons. The average Bonchev–Trinajstić information content (AvgIpc) is 4.26. The molecule has 6 saturated heterocycles. The third-order valence-electron chi connectivity index (χ3n) is 11.9. The quantitative estimate of drug-likeness (QED) is 0.0611. The number of carbonyl (C=O) groups excluding carboxylic acids is 6. The Morgan fingerprint density at radius 1 is 0.347 bits per heavy atom. The van der Waals surface area contributed by atoms with Crippen molar-refractivity contribution in [3.63, 3.8) is 0 Å². The maximum Gasteiger partial charge on any atom is 0.508 e.